The Bertz CT molecular complexity index is 664. The molecule has 2 aromatic rings. The van der Waals surface area contributed by atoms with Crippen LogP contribution in [-0.2, 0) is 0 Å². The smallest absolute Gasteiger partial charge is 0.146 e. The number of anilines is 3. The van der Waals surface area contributed by atoms with Crippen LogP contribution < -0.4 is 20.1 Å². The molecule has 0 saturated heterocycles. The predicted octanol–water partition coefficient (Wildman–Crippen LogP) is 2.67. The minimum absolute atomic E-state index is 0.181. The van der Waals surface area contributed by atoms with E-state index in [2.05, 4.69) is 20.6 Å². The number of nitrogens with one attached hydrogen (secondary N) is 2. The standard InChI is InChI=1S/C17H24N4O3/c1-11(2)14(22)9-18-16-8-17(20-10-19-16)21-13-6-5-12(23-3)7-15(13)24-4/h5-8,10-11,14,22H,9H2,1-4H3,(H2,18,19,20,21). The Morgan fingerprint density at radius 3 is 2.50 bits per heavy atom. The zero-order valence-electron chi connectivity index (χ0n) is 14.4. The maximum absolute atomic E-state index is 9.86. The zero-order valence-corrected chi connectivity index (χ0v) is 14.4. The van der Waals surface area contributed by atoms with Crippen LogP contribution in [0.4, 0.5) is 17.3 Å². The molecule has 0 aliphatic carbocycles. The monoisotopic (exact) mass is 332 g/mol. The Morgan fingerprint density at radius 1 is 1.08 bits per heavy atom. The van der Waals surface area contributed by atoms with E-state index in [0.29, 0.717) is 29.7 Å². The third-order valence-corrected chi connectivity index (χ3v) is 3.60. The minimum atomic E-state index is -0.432. The first-order chi connectivity index (χ1) is 11.5. The van der Waals surface area contributed by atoms with Gasteiger partial charge in [0.15, 0.2) is 0 Å². The van der Waals surface area contributed by atoms with Gasteiger partial charge in [0, 0.05) is 18.7 Å². The Hall–Kier alpha value is -2.54. The number of ether oxygens (including phenoxy) is 2. The van der Waals surface area contributed by atoms with Crippen molar-refractivity contribution in [3.05, 3.63) is 30.6 Å². The molecule has 24 heavy (non-hydrogen) atoms. The van der Waals surface area contributed by atoms with Crippen molar-refractivity contribution < 1.29 is 14.6 Å². The van der Waals surface area contributed by atoms with Crippen LogP contribution in [0.2, 0.25) is 0 Å². The summed E-state index contributed by atoms with van der Waals surface area (Å²) in [5, 5.41) is 16.2. The Kier molecular flexibility index (Phi) is 6.20. The van der Waals surface area contributed by atoms with Gasteiger partial charge in [-0.15, -0.1) is 0 Å². The second kappa shape index (κ2) is 8.35. The van der Waals surface area contributed by atoms with Crippen LogP contribution in [-0.4, -0.2) is 41.9 Å². The SMILES string of the molecule is COc1ccc(Nc2cc(NCC(O)C(C)C)ncn2)c(OC)c1. The van der Waals surface area contributed by atoms with Crippen molar-refractivity contribution in [3.63, 3.8) is 0 Å². The summed E-state index contributed by atoms with van der Waals surface area (Å²) in [7, 11) is 3.20. The largest absolute Gasteiger partial charge is 0.497 e. The lowest BCUT2D eigenvalue weighted by atomic mass is 10.1. The fourth-order valence-corrected chi connectivity index (χ4v) is 2.01. The number of aromatic nitrogens is 2. The van der Waals surface area contributed by atoms with E-state index in [4.69, 9.17) is 9.47 Å². The number of aliphatic hydroxyl groups is 1. The normalized spacial score (nSPS) is 11.9. The van der Waals surface area contributed by atoms with Gasteiger partial charge < -0.3 is 25.2 Å². The summed E-state index contributed by atoms with van der Waals surface area (Å²) in [6.45, 7) is 4.37. The molecule has 1 aromatic carbocycles. The van der Waals surface area contributed by atoms with E-state index < -0.39 is 6.10 Å². The lowest BCUT2D eigenvalue weighted by Crippen LogP contribution is -2.25. The van der Waals surface area contributed by atoms with E-state index in [1.807, 2.05) is 26.0 Å². The Morgan fingerprint density at radius 2 is 1.83 bits per heavy atom. The summed E-state index contributed by atoms with van der Waals surface area (Å²) in [4.78, 5) is 8.36. The second-order valence-corrected chi connectivity index (χ2v) is 5.67. The van der Waals surface area contributed by atoms with E-state index >= 15 is 0 Å². The van der Waals surface area contributed by atoms with Crippen LogP contribution in [0.3, 0.4) is 0 Å². The first kappa shape index (κ1) is 17.8. The molecule has 0 aliphatic heterocycles. The summed E-state index contributed by atoms with van der Waals surface area (Å²) in [5.41, 5.74) is 0.769. The molecule has 2 rings (SSSR count). The summed E-state index contributed by atoms with van der Waals surface area (Å²) in [6.07, 6.45) is 1.03. The van der Waals surface area contributed by atoms with Crippen LogP contribution >= 0.6 is 0 Å². The first-order valence-electron chi connectivity index (χ1n) is 7.76. The van der Waals surface area contributed by atoms with Crippen LogP contribution in [0.15, 0.2) is 30.6 Å². The molecule has 0 aliphatic rings. The van der Waals surface area contributed by atoms with E-state index in [0.717, 1.165) is 5.69 Å². The molecule has 130 valence electrons. The van der Waals surface area contributed by atoms with Gasteiger partial charge in [-0.2, -0.15) is 0 Å². The third-order valence-electron chi connectivity index (χ3n) is 3.60. The summed E-state index contributed by atoms with van der Waals surface area (Å²) in [5.74, 6) is 2.80. The lowest BCUT2D eigenvalue weighted by Gasteiger charge is -2.16. The van der Waals surface area contributed by atoms with Crippen LogP contribution in [0.25, 0.3) is 0 Å². The molecule has 7 heteroatoms. The molecule has 0 amide bonds. The van der Waals surface area contributed by atoms with Crippen molar-refractivity contribution in [1.29, 1.82) is 0 Å². The highest BCUT2D eigenvalue weighted by Gasteiger charge is 2.10. The van der Waals surface area contributed by atoms with Gasteiger partial charge in [0.05, 0.1) is 26.0 Å². The molecule has 1 heterocycles. The number of hydrogen-bond acceptors (Lipinski definition) is 7. The van der Waals surface area contributed by atoms with E-state index in [1.165, 1.54) is 6.33 Å². The Balaban J connectivity index is 2.09. The number of aliphatic hydroxyl groups excluding tert-OH is 1. The molecule has 0 saturated carbocycles. The molecule has 0 spiro atoms. The van der Waals surface area contributed by atoms with Gasteiger partial charge in [-0.05, 0) is 18.1 Å². The van der Waals surface area contributed by atoms with Gasteiger partial charge in [0.1, 0.15) is 29.5 Å². The summed E-state index contributed by atoms with van der Waals surface area (Å²) < 4.78 is 10.5. The average molecular weight is 332 g/mol. The fourth-order valence-electron chi connectivity index (χ4n) is 2.01. The molecule has 0 bridgehead atoms. The van der Waals surface area contributed by atoms with Crippen molar-refractivity contribution in [2.45, 2.75) is 20.0 Å². The summed E-state index contributed by atoms with van der Waals surface area (Å²) in [6, 6.07) is 7.26. The van der Waals surface area contributed by atoms with E-state index in [1.54, 1.807) is 26.4 Å². The number of rotatable bonds is 8. The fraction of sp³-hybridized carbons (Fsp3) is 0.412. The Labute approximate surface area is 142 Å². The highest BCUT2D eigenvalue weighted by Crippen LogP contribution is 2.31. The molecule has 3 N–H and O–H groups in total. The quantitative estimate of drug-likeness (QED) is 0.685. The van der Waals surface area contributed by atoms with Gasteiger partial charge >= 0.3 is 0 Å². The molecular weight excluding hydrogens is 308 g/mol. The van der Waals surface area contributed by atoms with Crippen molar-refractivity contribution >= 4 is 17.3 Å². The molecule has 0 fully saturated rings. The van der Waals surface area contributed by atoms with Crippen LogP contribution in [0.5, 0.6) is 11.5 Å². The minimum Gasteiger partial charge on any atom is -0.497 e. The lowest BCUT2D eigenvalue weighted by molar-refractivity contribution is 0.138. The zero-order chi connectivity index (χ0) is 17.5. The highest BCUT2D eigenvalue weighted by atomic mass is 16.5. The van der Waals surface area contributed by atoms with Crippen molar-refractivity contribution in [3.8, 4) is 11.5 Å². The van der Waals surface area contributed by atoms with Gasteiger partial charge in [-0.25, -0.2) is 9.97 Å². The number of benzene rings is 1. The van der Waals surface area contributed by atoms with E-state index in [9.17, 15) is 5.11 Å². The first-order valence-corrected chi connectivity index (χ1v) is 7.76. The number of nitrogens with zero attached hydrogens (tertiary/aromatic N) is 2. The van der Waals surface area contributed by atoms with E-state index in [-0.39, 0.29) is 5.92 Å². The maximum atomic E-state index is 9.86. The van der Waals surface area contributed by atoms with Crippen molar-refractivity contribution in [2.75, 3.05) is 31.4 Å². The van der Waals surface area contributed by atoms with Crippen molar-refractivity contribution in [2.24, 2.45) is 5.92 Å². The van der Waals surface area contributed by atoms with Crippen molar-refractivity contribution in [1.82, 2.24) is 9.97 Å². The molecule has 1 aromatic heterocycles. The summed E-state index contributed by atoms with van der Waals surface area (Å²) >= 11 is 0. The highest BCUT2D eigenvalue weighted by molar-refractivity contribution is 5.66. The molecule has 7 nitrogen and oxygen atoms in total. The number of methoxy groups -OCH3 is 2. The number of hydrogen-bond donors (Lipinski definition) is 3. The second-order valence-electron chi connectivity index (χ2n) is 5.67. The molecule has 1 unspecified atom stereocenters. The topological polar surface area (TPSA) is 88.5 Å². The third kappa shape index (κ3) is 4.73. The molecular formula is C17H24N4O3. The van der Waals surface area contributed by atoms with Crippen LogP contribution in [0.1, 0.15) is 13.8 Å². The van der Waals surface area contributed by atoms with Gasteiger partial charge in [0.2, 0.25) is 0 Å². The van der Waals surface area contributed by atoms with Gasteiger partial charge in [0.25, 0.3) is 0 Å². The molecule has 0 radical (unpaired) electrons. The molecule has 1 atom stereocenters. The predicted molar refractivity (Wildman–Crippen MR) is 94.2 cm³/mol. The average Bonchev–Trinajstić information content (AvgIpc) is 2.60. The van der Waals surface area contributed by atoms with Gasteiger partial charge in [-0.3, -0.25) is 0 Å². The van der Waals surface area contributed by atoms with Gasteiger partial charge in [-0.1, -0.05) is 13.8 Å². The van der Waals surface area contributed by atoms with Crippen LogP contribution in [0, 0.1) is 5.92 Å². The maximum Gasteiger partial charge on any atom is 0.146 e.